The Labute approximate surface area is 118 Å². The number of likely N-dealkylation sites (N-methyl/N-ethyl adjacent to an activating group) is 1. The fourth-order valence-electron chi connectivity index (χ4n) is 5.09. The van der Waals surface area contributed by atoms with Crippen LogP contribution in [-0.4, -0.2) is 35.7 Å². The number of piperidine rings is 1. The molecule has 20 heavy (non-hydrogen) atoms. The lowest BCUT2D eigenvalue weighted by Crippen LogP contribution is -2.58. The second-order valence-electron chi connectivity index (χ2n) is 6.71. The molecule has 0 amide bonds. The second kappa shape index (κ2) is 3.40. The zero-order chi connectivity index (χ0) is 13.5. The summed E-state index contributed by atoms with van der Waals surface area (Å²) in [6.45, 7) is 1.12. The second-order valence-corrected chi connectivity index (χ2v) is 6.71. The predicted octanol–water partition coefficient (Wildman–Crippen LogP) is 2.37. The van der Waals surface area contributed by atoms with Crippen molar-refractivity contribution in [3.63, 3.8) is 0 Å². The molecule has 1 spiro atoms. The summed E-state index contributed by atoms with van der Waals surface area (Å²) in [5.41, 5.74) is 4.34. The SMILES string of the molecule is CN1CC[C@@]23C4=CCC[C@@H]2Oc2c(O)ccc(c23)C[C@H]41. The molecule has 1 N–H and O–H groups in total. The summed E-state index contributed by atoms with van der Waals surface area (Å²) in [6.07, 6.45) is 7.07. The predicted molar refractivity (Wildman–Crippen MR) is 76.3 cm³/mol. The number of phenolic OH excluding ortho intramolecular Hbond substituents is 1. The summed E-state index contributed by atoms with van der Waals surface area (Å²) in [7, 11) is 2.24. The number of hydrogen-bond acceptors (Lipinski definition) is 3. The molecule has 1 fully saturated rings. The van der Waals surface area contributed by atoms with E-state index in [0.29, 0.717) is 11.8 Å². The Hall–Kier alpha value is -1.48. The van der Waals surface area contributed by atoms with Crippen molar-refractivity contribution in [3.05, 3.63) is 34.9 Å². The minimum Gasteiger partial charge on any atom is -0.504 e. The molecule has 0 unspecified atom stereocenters. The molecule has 0 saturated carbocycles. The third-order valence-corrected chi connectivity index (χ3v) is 5.95. The van der Waals surface area contributed by atoms with Gasteiger partial charge in [-0.15, -0.1) is 0 Å². The van der Waals surface area contributed by atoms with Crippen molar-refractivity contribution < 1.29 is 9.84 Å². The lowest BCUT2D eigenvalue weighted by atomic mass is 9.56. The summed E-state index contributed by atoms with van der Waals surface area (Å²) in [6, 6.07) is 4.45. The van der Waals surface area contributed by atoms with E-state index in [0.717, 1.165) is 38.0 Å². The molecule has 104 valence electrons. The van der Waals surface area contributed by atoms with Crippen LogP contribution in [-0.2, 0) is 11.8 Å². The van der Waals surface area contributed by atoms with E-state index >= 15 is 0 Å². The van der Waals surface area contributed by atoms with Gasteiger partial charge in [-0.25, -0.2) is 0 Å². The molecule has 2 bridgehead atoms. The maximum atomic E-state index is 10.2. The average molecular weight is 269 g/mol. The van der Waals surface area contributed by atoms with E-state index in [9.17, 15) is 5.11 Å². The number of likely N-dealkylation sites (tertiary alicyclic amines) is 1. The Balaban J connectivity index is 1.87. The van der Waals surface area contributed by atoms with Crippen LogP contribution in [0.15, 0.2) is 23.8 Å². The molecule has 1 aromatic carbocycles. The standard InChI is InChI=1S/C17H19NO2/c1-18-8-7-17-11-3-2-4-14(17)20-16-13(19)6-5-10(15(16)17)9-12(11)18/h3,5-6,12,14,19H,2,4,7-9H2,1H3/t12-,14+,17-/m1/s1. The molecule has 2 heterocycles. The van der Waals surface area contributed by atoms with E-state index < -0.39 is 0 Å². The van der Waals surface area contributed by atoms with Gasteiger partial charge in [0, 0.05) is 11.6 Å². The van der Waals surface area contributed by atoms with Crippen LogP contribution in [0.1, 0.15) is 30.4 Å². The minimum atomic E-state index is 0.0666. The van der Waals surface area contributed by atoms with E-state index in [2.05, 4.69) is 24.1 Å². The molecule has 5 rings (SSSR count). The molecular weight excluding hydrogens is 250 g/mol. The monoisotopic (exact) mass is 269 g/mol. The molecule has 4 aliphatic rings. The van der Waals surface area contributed by atoms with Gasteiger partial charge in [0.05, 0.1) is 5.41 Å². The first-order valence-corrected chi connectivity index (χ1v) is 7.64. The van der Waals surface area contributed by atoms with E-state index in [4.69, 9.17) is 4.74 Å². The zero-order valence-electron chi connectivity index (χ0n) is 11.7. The number of ether oxygens (including phenoxy) is 1. The van der Waals surface area contributed by atoms with Gasteiger partial charge >= 0.3 is 0 Å². The normalized spacial score (nSPS) is 37.1. The number of rotatable bonds is 0. The number of nitrogens with zero attached hydrogens (tertiary/aromatic N) is 1. The molecule has 0 aromatic heterocycles. The third-order valence-electron chi connectivity index (χ3n) is 5.95. The lowest BCUT2D eigenvalue weighted by Gasteiger charge is -2.53. The summed E-state index contributed by atoms with van der Waals surface area (Å²) >= 11 is 0. The van der Waals surface area contributed by atoms with Gasteiger partial charge in [0.25, 0.3) is 0 Å². The fourth-order valence-corrected chi connectivity index (χ4v) is 5.09. The van der Waals surface area contributed by atoms with E-state index in [1.807, 2.05) is 6.07 Å². The highest BCUT2D eigenvalue weighted by Crippen LogP contribution is 2.61. The Kier molecular flexibility index (Phi) is 1.90. The third kappa shape index (κ3) is 1.05. The summed E-state index contributed by atoms with van der Waals surface area (Å²) in [5.74, 6) is 1.10. The van der Waals surface area contributed by atoms with Gasteiger partial charge in [0.1, 0.15) is 6.10 Å². The highest BCUT2D eigenvalue weighted by atomic mass is 16.5. The van der Waals surface area contributed by atoms with Gasteiger partial charge < -0.3 is 9.84 Å². The first-order chi connectivity index (χ1) is 9.72. The highest BCUT2D eigenvalue weighted by Gasteiger charge is 2.60. The van der Waals surface area contributed by atoms with Crippen molar-refractivity contribution in [2.75, 3.05) is 13.6 Å². The van der Waals surface area contributed by atoms with Gasteiger partial charge in [0.15, 0.2) is 11.5 Å². The van der Waals surface area contributed by atoms with Crippen molar-refractivity contribution in [2.24, 2.45) is 0 Å². The van der Waals surface area contributed by atoms with Gasteiger partial charge in [-0.1, -0.05) is 12.1 Å². The lowest BCUT2D eigenvalue weighted by molar-refractivity contribution is 0.0817. The van der Waals surface area contributed by atoms with E-state index in [1.54, 1.807) is 5.57 Å². The molecular formula is C17H19NO2. The summed E-state index contributed by atoms with van der Waals surface area (Å²) < 4.78 is 6.24. The Morgan fingerprint density at radius 2 is 2.30 bits per heavy atom. The van der Waals surface area contributed by atoms with Crippen LogP contribution in [0, 0.1) is 0 Å². The van der Waals surface area contributed by atoms with Crippen molar-refractivity contribution >= 4 is 0 Å². The van der Waals surface area contributed by atoms with Crippen LogP contribution in [0.2, 0.25) is 0 Å². The maximum Gasteiger partial charge on any atom is 0.165 e. The molecule has 3 atom stereocenters. The van der Waals surface area contributed by atoms with Crippen molar-refractivity contribution in [1.29, 1.82) is 0 Å². The first kappa shape index (κ1) is 11.2. The van der Waals surface area contributed by atoms with Crippen LogP contribution in [0.25, 0.3) is 0 Å². The van der Waals surface area contributed by atoms with Gasteiger partial charge in [-0.3, -0.25) is 4.90 Å². The van der Waals surface area contributed by atoms with Crippen molar-refractivity contribution in [3.8, 4) is 11.5 Å². The molecule has 2 aliphatic heterocycles. The molecule has 2 aliphatic carbocycles. The smallest absolute Gasteiger partial charge is 0.165 e. The van der Waals surface area contributed by atoms with Gasteiger partial charge in [-0.2, -0.15) is 0 Å². The number of hydrogen-bond donors (Lipinski definition) is 1. The average Bonchev–Trinajstić information content (AvgIpc) is 2.79. The van der Waals surface area contributed by atoms with Crippen LogP contribution in [0.5, 0.6) is 11.5 Å². The van der Waals surface area contributed by atoms with Gasteiger partial charge in [-0.05, 0) is 56.5 Å². The zero-order valence-corrected chi connectivity index (χ0v) is 11.7. The number of allylic oxidation sites excluding steroid dienone is 1. The first-order valence-electron chi connectivity index (χ1n) is 7.64. The van der Waals surface area contributed by atoms with Crippen LogP contribution in [0.4, 0.5) is 0 Å². The molecule has 1 saturated heterocycles. The molecule has 3 nitrogen and oxygen atoms in total. The molecule has 1 aromatic rings. The number of aromatic hydroxyl groups is 1. The largest absolute Gasteiger partial charge is 0.504 e. The molecule has 3 heteroatoms. The van der Waals surface area contributed by atoms with Crippen LogP contribution >= 0.6 is 0 Å². The summed E-state index contributed by atoms with van der Waals surface area (Å²) in [5, 5.41) is 10.2. The van der Waals surface area contributed by atoms with Crippen LogP contribution in [0.3, 0.4) is 0 Å². The van der Waals surface area contributed by atoms with Crippen molar-refractivity contribution in [2.45, 2.75) is 43.2 Å². The Morgan fingerprint density at radius 1 is 1.40 bits per heavy atom. The Morgan fingerprint density at radius 3 is 3.20 bits per heavy atom. The van der Waals surface area contributed by atoms with Crippen LogP contribution < -0.4 is 4.74 Å². The van der Waals surface area contributed by atoms with E-state index in [-0.39, 0.29) is 11.5 Å². The number of benzene rings is 1. The Bertz CT molecular complexity index is 651. The molecule has 0 radical (unpaired) electrons. The van der Waals surface area contributed by atoms with E-state index in [1.165, 1.54) is 11.1 Å². The van der Waals surface area contributed by atoms with Gasteiger partial charge in [0.2, 0.25) is 0 Å². The quantitative estimate of drug-likeness (QED) is 0.734. The van der Waals surface area contributed by atoms with Crippen molar-refractivity contribution in [1.82, 2.24) is 4.90 Å². The maximum absolute atomic E-state index is 10.2. The highest BCUT2D eigenvalue weighted by molar-refractivity contribution is 5.65. The minimum absolute atomic E-state index is 0.0666. The summed E-state index contributed by atoms with van der Waals surface area (Å²) in [4.78, 5) is 2.49. The number of phenols is 1. The topological polar surface area (TPSA) is 32.7 Å². The fraction of sp³-hybridized carbons (Fsp3) is 0.529.